The first-order valence-corrected chi connectivity index (χ1v) is 5.81. The number of benzene rings is 1. The second-order valence-corrected chi connectivity index (χ2v) is 4.12. The molecule has 18 heavy (non-hydrogen) atoms. The van der Waals surface area contributed by atoms with Crippen LogP contribution in [-0.2, 0) is 0 Å². The Morgan fingerprint density at radius 3 is 2.56 bits per heavy atom. The van der Waals surface area contributed by atoms with Crippen molar-refractivity contribution in [2.75, 3.05) is 0 Å². The van der Waals surface area contributed by atoms with E-state index in [1.54, 1.807) is 10.7 Å². The van der Waals surface area contributed by atoms with Crippen molar-refractivity contribution in [2.24, 2.45) is 0 Å². The Morgan fingerprint density at radius 2 is 1.78 bits per heavy atom. The summed E-state index contributed by atoms with van der Waals surface area (Å²) in [7, 11) is 0. The van der Waals surface area contributed by atoms with Gasteiger partial charge in [0, 0.05) is 5.56 Å². The summed E-state index contributed by atoms with van der Waals surface area (Å²) in [6.45, 7) is 0. The van der Waals surface area contributed by atoms with Crippen molar-refractivity contribution in [3.63, 3.8) is 0 Å². The maximum absolute atomic E-state index is 5.85. The van der Waals surface area contributed by atoms with E-state index < -0.39 is 0 Å². The van der Waals surface area contributed by atoms with E-state index in [4.69, 9.17) is 11.6 Å². The summed E-state index contributed by atoms with van der Waals surface area (Å²) in [4.78, 5) is 4.18. The Hall–Kier alpha value is -2.20. The Balaban J connectivity index is 2.00. The van der Waals surface area contributed by atoms with E-state index in [0.29, 0.717) is 11.0 Å². The first-order valence-electron chi connectivity index (χ1n) is 5.43. The monoisotopic (exact) mass is 256 g/mol. The normalized spacial score (nSPS) is 10.5. The van der Waals surface area contributed by atoms with Crippen LogP contribution in [0.5, 0.6) is 0 Å². The molecule has 2 heterocycles. The van der Waals surface area contributed by atoms with Gasteiger partial charge in [-0.1, -0.05) is 53.2 Å². The van der Waals surface area contributed by atoms with Gasteiger partial charge in [0.25, 0.3) is 0 Å². The van der Waals surface area contributed by atoms with Crippen molar-refractivity contribution in [2.45, 2.75) is 0 Å². The third-order valence-corrected chi connectivity index (χ3v) is 2.71. The summed E-state index contributed by atoms with van der Waals surface area (Å²) in [5.41, 5.74) is 1.82. The highest BCUT2D eigenvalue weighted by molar-refractivity contribution is 6.29. The van der Waals surface area contributed by atoms with Crippen LogP contribution in [0.1, 0.15) is 0 Å². The lowest BCUT2D eigenvalue weighted by Gasteiger charge is -1.98. The molecule has 2 aromatic heterocycles. The minimum absolute atomic E-state index is 0.435. The van der Waals surface area contributed by atoms with Crippen LogP contribution in [0.3, 0.4) is 0 Å². The van der Waals surface area contributed by atoms with Crippen molar-refractivity contribution >= 4 is 11.6 Å². The molecule has 4 nitrogen and oxygen atoms in total. The molecule has 5 heteroatoms. The van der Waals surface area contributed by atoms with E-state index in [1.807, 2.05) is 48.7 Å². The zero-order valence-electron chi connectivity index (χ0n) is 9.36. The predicted octanol–water partition coefficient (Wildman–Crippen LogP) is 2.98. The molecule has 0 aliphatic heterocycles. The fourth-order valence-electron chi connectivity index (χ4n) is 1.64. The van der Waals surface area contributed by atoms with Crippen molar-refractivity contribution in [3.8, 4) is 17.1 Å². The molecule has 1 aromatic carbocycles. The fraction of sp³-hybridized carbons (Fsp3) is 0. The number of hydrogen-bond acceptors (Lipinski definition) is 3. The molecule has 0 saturated carbocycles. The largest absolute Gasteiger partial charge is 0.217 e. The lowest BCUT2D eigenvalue weighted by Crippen LogP contribution is -1.97. The van der Waals surface area contributed by atoms with Gasteiger partial charge in [-0.05, 0) is 12.1 Å². The molecule has 0 bridgehead atoms. The molecule has 88 valence electrons. The van der Waals surface area contributed by atoms with Crippen LogP contribution in [-0.4, -0.2) is 20.0 Å². The zero-order valence-corrected chi connectivity index (χ0v) is 10.1. The molecule has 0 spiro atoms. The number of rotatable bonds is 2. The van der Waals surface area contributed by atoms with Gasteiger partial charge in [-0.15, -0.1) is 5.10 Å². The molecule has 0 aliphatic rings. The number of halogens is 1. The van der Waals surface area contributed by atoms with Crippen LogP contribution in [0.25, 0.3) is 17.1 Å². The standard InChI is InChI=1S/C13H9ClN4/c14-12-7-4-8-13(15-12)18-9-11(16-17-18)10-5-2-1-3-6-10/h1-9H. The van der Waals surface area contributed by atoms with Gasteiger partial charge in [-0.25, -0.2) is 9.67 Å². The first-order chi connectivity index (χ1) is 8.83. The topological polar surface area (TPSA) is 43.6 Å². The van der Waals surface area contributed by atoms with Gasteiger partial charge in [0.2, 0.25) is 0 Å². The summed E-state index contributed by atoms with van der Waals surface area (Å²) in [6, 6.07) is 15.2. The van der Waals surface area contributed by atoms with Gasteiger partial charge in [0.15, 0.2) is 5.82 Å². The van der Waals surface area contributed by atoms with E-state index in [1.165, 1.54) is 0 Å². The molecule has 0 saturated heterocycles. The minimum Gasteiger partial charge on any atom is -0.217 e. The second-order valence-electron chi connectivity index (χ2n) is 3.73. The Morgan fingerprint density at radius 1 is 0.944 bits per heavy atom. The average molecular weight is 257 g/mol. The van der Waals surface area contributed by atoms with Gasteiger partial charge in [0.1, 0.15) is 10.8 Å². The smallest absolute Gasteiger partial charge is 0.156 e. The fourth-order valence-corrected chi connectivity index (χ4v) is 1.80. The number of pyridine rings is 1. The molecule has 0 radical (unpaired) electrons. The summed E-state index contributed by atoms with van der Waals surface area (Å²) in [5.74, 6) is 0.650. The van der Waals surface area contributed by atoms with Crippen LogP contribution in [0.2, 0.25) is 5.15 Å². The van der Waals surface area contributed by atoms with E-state index in [0.717, 1.165) is 11.3 Å². The zero-order chi connectivity index (χ0) is 12.4. The van der Waals surface area contributed by atoms with Gasteiger partial charge < -0.3 is 0 Å². The third kappa shape index (κ3) is 2.10. The quantitative estimate of drug-likeness (QED) is 0.662. The summed E-state index contributed by atoms with van der Waals surface area (Å²) in [6.07, 6.45) is 1.83. The number of hydrogen-bond donors (Lipinski definition) is 0. The van der Waals surface area contributed by atoms with Crippen LogP contribution >= 0.6 is 11.6 Å². The lowest BCUT2D eigenvalue weighted by molar-refractivity contribution is 0.782. The van der Waals surface area contributed by atoms with Crippen LogP contribution in [0, 0.1) is 0 Å². The molecule has 0 amide bonds. The molecule has 0 atom stereocenters. The van der Waals surface area contributed by atoms with E-state index in [9.17, 15) is 0 Å². The van der Waals surface area contributed by atoms with Crippen molar-refractivity contribution in [3.05, 3.63) is 59.9 Å². The maximum Gasteiger partial charge on any atom is 0.156 e. The van der Waals surface area contributed by atoms with Gasteiger partial charge in [-0.3, -0.25) is 0 Å². The molecule has 0 unspecified atom stereocenters. The average Bonchev–Trinajstić information content (AvgIpc) is 2.89. The maximum atomic E-state index is 5.85. The molecule has 0 aliphatic carbocycles. The Kier molecular flexibility index (Phi) is 2.78. The first kappa shape index (κ1) is 10.9. The summed E-state index contributed by atoms with van der Waals surface area (Å²) >= 11 is 5.85. The summed E-state index contributed by atoms with van der Waals surface area (Å²) in [5, 5.41) is 8.61. The van der Waals surface area contributed by atoms with E-state index in [2.05, 4.69) is 15.3 Å². The molecule has 3 rings (SSSR count). The van der Waals surface area contributed by atoms with Crippen molar-refractivity contribution < 1.29 is 0 Å². The minimum atomic E-state index is 0.435. The number of aromatic nitrogens is 4. The van der Waals surface area contributed by atoms with E-state index >= 15 is 0 Å². The molecule has 0 fully saturated rings. The van der Waals surface area contributed by atoms with Crippen LogP contribution < -0.4 is 0 Å². The summed E-state index contributed by atoms with van der Waals surface area (Å²) < 4.78 is 1.61. The molecule has 3 aromatic rings. The van der Waals surface area contributed by atoms with Crippen molar-refractivity contribution in [1.29, 1.82) is 0 Å². The highest BCUT2D eigenvalue weighted by atomic mass is 35.5. The lowest BCUT2D eigenvalue weighted by atomic mass is 10.2. The van der Waals surface area contributed by atoms with E-state index in [-0.39, 0.29) is 0 Å². The Bertz CT molecular complexity index is 664. The number of nitrogens with zero attached hydrogens (tertiary/aromatic N) is 4. The molecular weight excluding hydrogens is 248 g/mol. The van der Waals surface area contributed by atoms with Crippen LogP contribution in [0.4, 0.5) is 0 Å². The molecule has 0 N–H and O–H groups in total. The van der Waals surface area contributed by atoms with Gasteiger partial charge >= 0.3 is 0 Å². The SMILES string of the molecule is Clc1cccc(-n2cc(-c3ccccc3)nn2)n1. The molecular formula is C13H9ClN4. The second kappa shape index (κ2) is 4.58. The third-order valence-electron chi connectivity index (χ3n) is 2.50. The van der Waals surface area contributed by atoms with Crippen LogP contribution in [0.15, 0.2) is 54.7 Å². The van der Waals surface area contributed by atoms with Gasteiger partial charge in [0.05, 0.1) is 6.20 Å². The highest BCUT2D eigenvalue weighted by Crippen LogP contribution is 2.16. The highest BCUT2D eigenvalue weighted by Gasteiger charge is 2.05. The predicted molar refractivity (Wildman–Crippen MR) is 69.6 cm³/mol. The van der Waals surface area contributed by atoms with Gasteiger partial charge in [-0.2, -0.15) is 0 Å². The Labute approximate surface area is 109 Å². The van der Waals surface area contributed by atoms with Crippen molar-refractivity contribution in [1.82, 2.24) is 20.0 Å².